The monoisotopic (exact) mass is 294 g/mol. The Kier molecular flexibility index (Phi) is 2.09. The van der Waals surface area contributed by atoms with Crippen LogP contribution in [-0.4, -0.2) is 32.6 Å². The first-order chi connectivity index (χ1) is 10.5. The second-order valence-electron chi connectivity index (χ2n) is 6.24. The van der Waals surface area contributed by atoms with Gasteiger partial charge in [-0.2, -0.15) is 0 Å². The molecule has 4 atom stereocenters. The number of fused-ring (bicyclic) bond motifs is 1. The molecule has 3 aromatic carbocycles. The Labute approximate surface area is 125 Å². The molecule has 0 unspecified atom stereocenters. The van der Waals surface area contributed by atoms with Crippen LogP contribution in [0.1, 0.15) is 22.8 Å². The number of rotatable bonds is 0. The van der Waals surface area contributed by atoms with Crippen molar-refractivity contribution in [3.8, 4) is 0 Å². The summed E-state index contributed by atoms with van der Waals surface area (Å²) in [5, 5.41) is 46.0. The van der Waals surface area contributed by atoms with E-state index in [1.807, 2.05) is 30.3 Å². The van der Waals surface area contributed by atoms with Crippen molar-refractivity contribution >= 4 is 21.5 Å². The van der Waals surface area contributed by atoms with E-state index in [1.165, 1.54) is 0 Å². The van der Waals surface area contributed by atoms with E-state index in [0.29, 0.717) is 16.7 Å². The molecule has 2 aliphatic carbocycles. The molecule has 0 saturated heterocycles. The molecule has 4 nitrogen and oxygen atoms in total. The molecule has 0 radical (unpaired) electrons. The van der Waals surface area contributed by atoms with Crippen LogP contribution >= 0.6 is 0 Å². The third-order valence-corrected chi connectivity index (χ3v) is 5.24. The number of aliphatic hydroxyl groups is 4. The van der Waals surface area contributed by atoms with Gasteiger partial charge in [0, 0.05) is 5.56 Å². The topological polar surface area (TPSA) is 80.9 Å². The van der Waals surface area contributed by atoms with E-state index in [9.17, 15) is 20.4 Å². The molecule has 0 amide bonds. The van der Waals surface area contributed by atoms with Gasteiger partial charge in [-0.1, -0.05) is 42.5 Å². The van der Waals surface area contributed by atoms with Crippen LogP contribution in [0.4, 0.5) is 0 Å². The van der Waals surface area contributed by atoms with Crippen LogP contribution in [0.2, 0.25) is 0 Å². The van der Waals surface area contributed by atoms with Crippen molar-refractivity contribution in [2.75, 3.05) is 0 Å². The summed E-state index contributed by atoms with van der Waals surface area (Å²) in [7, 11) is 0. The number of hydrogen-bond acceptors (Lipinski definition) is 4. The summed E-state index contributed by atoms with van der Waals surface area (Å²) in [5.74, 6) is 0. The SMILES string of the molecule is O[C@H]1[C@H](O)c2ccc3ccc4cccc5c4c3c2[C@]5(O)[C@H]1O. The molecule has 0 fully saturated rings. The second-order valence-corrected chi connectivity index (χ2v) is 6.24. The fraction of sp³-hybridized carbons (Fsp3) is 0.222. The third-order valence-electron chi connectivity index (χ3n) is 5.24. The van der Waals surface area contributed by atoms with Gasteiger partial charge in [-0.05, 0) is 32.7 Å². The summed E-state index contributed by atoms with van der Waals surface area (Å²) in [5.41, 5.74) is -0.0773. The summed E-state index contributed by atoms with van der Waals surface area (Å²) in [4.78, 5) is 0. The maximum atomic E-state index is 11.3. The van der Waals surface area contributed by atoms with E-state index in [4.69, 9.17) is 0 Å². The normalized spacial score (nSPS) is 32.3. The van der Waals surface area contributed by atoms with Gasteiger partial charge in [-0.3, -0.25) is 0 Å². The van der Waals surface area contributed by atoms with Crippen molar-refractivity contribution in [3.63, 3.8) is 0 Å². The van der Waals surface area contributed by atoms with E-state index >= 15 is 0 Å². The highest BCUT2D eigenvalue weighted by Crippen LogP contribution is 2.55. The number of aliphatic hydroxyl groups excluding tert-OH is 3. The third kappa shape index (κ3) is 1.13. The molecule has 0 spiro atoms. The lowest BCUT2D eigenvalue weighted by Gasteiger charge is -2.42. The molecule has 22 heavy (non-hydrogen) atoms. The lowest BCUT2D eigenvalue weighted by molar-refractivity contribution is -0.152. The van der Waals surface area contributed by atoms with Gasteiger partial charge in [0.2, 0.25) is 0 Å². The molecular formula is C18H14O4. The van der Waals surface area contributed by atoms with Crippen LogP contribution in [0, 0.1) is 0 Å². The minimum atomic E-state index is -1.68. The zero-order valence-corrected chi connectivity index (χ0v) is 11.6. The Bertz CT molecular complexity index is 964. The smallest absolute Gasteiger partial charge is 0.145 e. The summed E-state index contributed by atoms with van der Waals surface area (Å²) in [6.07, 6.45) is -4.11. The van der Waals surface area contributed by atoms with Gasteiger partial charge >= 0.3 is 0 Å². The number of hydrogen-bond donors (Lipinski definition) is 4. The van der Waals surface area contributed by atoms with E-state index in [2.05, 4.69) is 0 Å². The quantitative estimate of drug-likeness (QED) is 0.471. The highest BCUT2D eigenvalue weighted by Gasteiger charge is 2.55. The Morgan fingerprint density at radius 1 is 0.818 bits per heavy atom. The van der Waals surface area contributed by atoms with Crippen molar-refractivity contribution in [2.24, 2.45) is 0 Å². The molecule has 0 aromatic heterocycles. The lowest BCUT2D eigenvalue weighted by Crippen LogP contribution is -2.52. The first kappa shape index (κ1) is 12.6. The molecular weight excluding hydrogens is 280 g/mol. The van der Waals surface area contributed by atoms with Crippen LogP contribution in [-0.2, 0) is 5.60 Å². The summed E-state index contributed by atoms with van der Waals surface area (Å²) < 4.78 is 0. The fourth-order valence-electron chi connectivity index (χ4n) is 4.23. The van der Waals surface area contributed by atoms with Gasteiger partial charge in [0.1, 0.15) is 23.9 Å². The predicted octanol–water partition coefficient (Wildman–Crippen LogP) is 1.31. The lowest BCUT2D eigenvalue weighted by atomic mass is 9.73. The van der Waals surface area contributed by atoms with Gasteiger partial charge in [-0.15, -0.1) is 0 Å². The van der Waals surface area contributed by atoms with Crippen molar-refractivity contribution in [2.45, 2.75) is 23.9 Å². The summed E-state index contributed by atoms with van der Waals surface area (Å²) in [6, 6.07) is 13.1. The zero-order chi connectivity index (χ0) is 15.2. The second kappa shape index (κ2) is 3.67. The standard InChI is InChI=1S/C18H14O4/c19-15-10-7-6-9-5-4-8-2-1-3-11-12(8)13(9)14(10)18(11,22)17(21)16(15)20/h1-7,15-17,19-22H/t15-,16+,17+,18+/m1/s1. The molecule has 4 heteroatoms. The molecule has 0 aliphatic heterocycles. The first-order valence-electron chi connectivity index (χ1n) is 7.31. The van der Waals surface area contributed by atoms with Crippen molar-refractivity contribution in [1.29, 1.82) is 0 Å². The van der Waals surface area contributed by atoms with E-state index in [0.717, 1.165) is 21.5 Å². The minimum absolute atomic E-state index is 0.483. The Morgan fingerprint density at radius 3 is 2.27 bits per heavy atom. The van der Waals surface area contributed by atoms with Gasteiger partial charge in [0.05, 0.1) is 0 Å². The van der Waals surface area contributed by atoms with Crippen LogP contribution in [0.3, 0.4) is 0 Å². The van der Waals surface area contributed by atoms with E-state index in [1.54, 1.807) is 12.1 Å². The predicted molar refractivity (Wildman–Crippen MR) is 81.4 cm³/mol. The maximum Gasteiger partial charge on any atom is 0.145 e. The van der Waals surface area contributed by atoms with Gasteiger partial charge in [0.25, 0.3) is 0 Å². The molecule has 0 bridgehead atoms. The highest BCUT2D eigenvalue weighted by atomic mass is 16.4. The van der Waals surface area contributed by atoms with Crippen LogP contribution < -0.4 is 0 Å². The Hall–Kier alpha value is -1.98. The average molecular weight is 294 g/mol. The molecule has 2 aliphatic rings. The minimum Gasteiger partial charge on any atom is -0.387 e. The molecule has 110 valence electrons. The largest absolute Gasteiger partial charge is 0.387 e. The van der Waals surface area contributed by atoms with Crippen LogP contribution in [0.5, 0.6) is 0 Å². The molecule has 0 heterocycles. The average Bonchev–Trinajstić information content (AvgIpc) is 2.83. The van der Waals surface area contributed by atoms with Crippen molar-refractivity contribution in [3.05, 3.63) is 59.2 Å². The Balaban J connectivity index is 2.09. The zero-order valence-electron chi connectivity index (χ0n) is 11.6. The highest BCUT2D eigenvalue weighted by molar-refractivity contribution is 6.15. The van der Waals surface area contributed by atoms with Gasteiger partial charge < -0.3 is 20.4 Å². The van der Waals surface area contributed by atoms with Gasteiger partial charge in [-0.25, -0.2) is 0 Å². The molecule has 5 rings (SSSR count). The summed E-state index contributed by atoms with van der Waals surface area (Å²) >= 11 is 0. The molecule has 4 N–H and O–H groups in total. The van der Waals surface area contributed by atoms with E-state index < -0.39 is 23.9 Å². The van der Waals surface area contributed by atoms with Crippen LogP contribution in [0.15, 0.2) is 42.5 Å². The van der Waals surface area contributed by atoms with E-state index in [-0.39, 0.29) is 0 Å². The summed E-state index contributed by atoms with van der Waals surface area (Å²) in [6.45, 7) is 0. The van der Waals surface area contributed by atoms with Crippen molar-refractivity contribution < 1.29 is 20.4 Å². The van der Waals surface area contributed by atoms with Crippen LogP contribution in [0.25, 0.3) is 21.5 Å². The molecule has 3 aromatic rings. The number of benzene rings is 3. The van der Waals surface area contributed by atoms with Gasteiger partial charge in [0.15, 0.2) is 0 Å². The first-order valence-corrected chi connectivity index (χ1v) is 7.31. The maximum absolute atomic E-state index is 11.3. The Morgan fingerprint density at radius 2 is 1.50 bits per heavy atom. The molecule has 0 saturated carbocycles. The van der Waals surface area contributed by atoms with Crippen molar-refractivity contribution in [1.82, 2.24) is 0 Å². The fourth-order valence-corrected chi connectivity index (χ4v) is 4.23.